The van der Waals surface area contributed by atoms with Gasteiger partial charge in [-0.25, -0.2) is 4.79 Å². The third kappa shape index (κ3) is 3.62. The van der Waals surface area contributed by atoms with Gasteiger partial charge in [0.25, 0.3) is 0 Å². The number of carbonyl (C=O) groups excluding carboxylic acids is 2. The summed E-state index contributed by atoms with van der Waals surface area (Å²) >= 11 is 0. The van der Waals surface area contributed by atoms with Gasteiger partial charge in [0.1, 0.15) is 6.54 Å². The van der Waals surface area contributed by atoms with Gasteiger partial charge in [-0.1, -0.05) is 19.3 Å². The molecule has 2 fully saturated rings. The Balaban J connectivity index is 1.83. The summed E-state index contributed by atoms with van der Waals surface area (Å²) in [5, 5.41) is 0. The number of ether oxygens (including phenoxy) is 1. The van der Waals surface area contributed by atoms with Crippen LogP contribution < -0.4 is 0 Å². The SMILES string of the molecule is O=C(CN1CCCOC1=O)N1CCCCCCC1. The molecule has 2 heterocycles. The third-order valence-corrected chi connectivity index (χ3v) is 3.59. The van der Waals surface area contributed by atoms with Gasteiger partial charge < -0.3 is 9.64 Å². The van der Waals surface area contributed by atoms with Crippen LogP contribution in [0.25, 0.3) is 0 Å². The first-order valence-corrected chi connectivity index (χ1v) is 6.97. The smallest absolute Gasteiger partial charge is 0.410 e. The fourth-order valence-electron chi connectivity index (χ4n) is 2.50. The van der Waals surface area contributed by atoms with Crippen LogP contribution in [0.2, 0.25) is 0 Å². The van der Waals surface area contributed by atoms with Gasteiger partial charge in [0.15, 0.2) is 0 Å². The molecule has 2 amide bonds. The average Bonchev–Trinajstić information content (AvgIpc) is 2.31. The predicted octanol–water partition coefficient (Wildman–Crippen LogP) is 1.62. The molecule has 18 heavy (non-hydrogen) atoms. The fraction of sp³-hybridized carbons (Fsp3) is 0.846. The Bertz CT molecular complexity index is 299. The molecule has 2 saturated heterocycles. The number of rotatable bonds is 2. The Morgan fingerprint density at radius 2 is 1.67 bits per heavy atom. The van der Waals surface area contributed by atoms with Gasteiger partial charge in [0.05, 0.1) is 6.61 Å². The maximum atomic E-state index is 12.2. The maximum Gasteiger partial charge on any atom is 0.410 e. The standard InChI is InChI=1S/C13H22N2O3/c16-12(11-15-9-6-10-18-13(15)17)14-7-4-2-1-3-5-8-14/h1-11H2. The summed E-state index contributed by atoms with van der Waals surface area (Å²) in [6, 6.07) is 0. The summed E-state index contributed by atoms with van der Waals surface area (Å²) in [7, 11) is 0. The van der Waals surface area contributed by atoms with Crippen molar-refractivity contribution in [3.8, 4) is 0 Å². The molecular formula is C13H22N2O3. The highest BCUT2D eigenvalue weighted by Gasteiger charge is 2.24. The molecule has 0 aromatic heterocycles. The highest BCUT2D eigenvalue weighted by atomic mass is 16.6. The summed E-state index contributed by atoms with van der Waals surface area (Å²) in [6.07, 6.45) is 6.32. The number of hydrogen-bond donors (Lipinski definition) is 0. The van der Waals surface area contributed by atoms with Crippen molar-refractivity contribution >= 4 is 12.0 Å². The van der Waals surface area contributed by atoms with Crippen LogP contribution in [0.4, 0.5) is 4.79 Å². The lowest BCUT2D eigenvalue weighted by molar-refractivity contribution is -0.132. The van der Waals surface area contributed by atoms with Crippen LogP contribution >= 0.6 is 0 Å². The van der Waals surface area contributed by atoms with Gasteiger partial charge in [-0.05, 0) is 19.3 Å². The molecule has 2 aliphatic rings. The van der Waals surface area contributed by atoms with Gasteiger partial charge >= 0.3 is 6.09 Å². The van der Waals surface area contributed by atoms with Crippen molar-refractivity contribution in [1.82, 2.24) is 9.80 Å². The molecule has 0 aliphatic carbocycles. The second-order valence-electron chi connectivity index (χ2n) is 5.04. The van der Waals surface area contributed by atoms with Crippen molar-refractivity contribution in [2.24, 2.45) is 0 Å². The highest BCUT2D eigenvalue weighted by Crippen LogP contribution is 2.12. The van der Waals surface area contributed by atoms with Crippen LogP contribution in [0.1, 0.15) is 38.5 Å². The van der Waals surface area contributed by atoms with Crippen LogP contribution in [-0.2, 0) is 9.53 Å². The summed E-state index contributed by atoms with van der Waals surface area (Å²) < 4.78 is 4.94. The minimum atomic E-state index is -0.346. The van der Waals surface area contributed by atoms with E-state index in [9.17, 15) is 9.59 Å². The first-order valence-electron chi connectivity index (χ1n) is 6.97. The molecule has 0 N–H and O–H groups in total. The van der Waals surface area contributed by atoms with Gasteiger partial charge in [-0.3, -0.25) is 9.69 Å². The minimum Gasteiger partial charge on any atom is -0.449 e. The minimum absolute atomic E-state index is 0.0655. The maximum absolute atomic E-state index is 12.2. The van der Waals surface area contributed by atoms with E-state index in [-0.39, 0.29) is 18.5 Å². The zero-order valence-electron chi connectivity index (χ0n) is 10.9. The summed E-state index contributed by atoms with van der Waals surface area (Å²) in [4.78, 5) is 27.0. The van der Waals surface area contributed by atoms with E-state index in [1.54, 1.807) is 0 Å². The number of carbonyl (C=O) groups is 2. The zero-order valence-corrected chi connectivity index (χ0v) is 10.9. The Labute approximate surface area is 108 Å². The van der Waals surface area contributed by atoms with Crippen LogP contribution in [0.5, 0.6) is 0 Å². The second kappa shape index (κ2) is 6.61. The molecule has 0 aromatic carbocycles. The lowest BCUT2D eigenvalue weighted by Gasteiger charge is -2.30. The van der Waals surface area contributed by atoms with Crippen molar-refractivity contribution in [3.05, 3.63) is 0 Å². The first-order chi connectivity index (χ1) is 8.77. The number of likely N-dealkylation sites (tertiary alicyclic amines) is 1. The topological polar surface area (TPSA) is 49.9 Å². The van der Waals surface area contributed by atoms with E-state index in [0.717, 1.165) is 32.4 Å². The second-order valence-corrected chi connectivity index (χ2v) is 5.04. The Morgan fingerprint density at radius 1 is 1.00 bits per heavy atom. The number of hydrogen-bond acceptors (Lipinski definition) is 3. The van der Waals surface area contributed by atoms with Gasteiger partial charge in [-0.2, -0.15) is 0 Å². The van der Waals surface area contributed by atoms with Crippen LogP contribution in [0, 0.1) is 0 Å². The largest absolute Gasteiger partial charge is 0.449 e. The summed E-state index contributed by atoms with van der Waals surface area (Å²) in [5.41, 5.74) is 0. The van der Waals surface area contributed by atoms with E-state index < -0.39 is 0 Å². The Kier molecular flexibility index (Phi) is 4.84. The molecule has 0 saturated carbocycles. The summed E-state index contributed by atoms with van der Waals surface area (Å²) in [6.45, 7) is 2.97. The molecular weight excluding hydrogens is 232 g/mol. The van der Waals surface area contributed by atoms with Crippen molar-refractivity contribution in [1.29, 1.82) is 0 Å². The normalized spacial score (nSPS) is 22.1. The molecule has 0 atom stereocenters. The summed E-state index contributed by atoms with van der Waals surface area (Å²) in [5.74, 6) is 0.0655. The molecule has 0 radical (unpaired) electrons. The molecule has 5 nitrogen and oxygen atoms in total. The zero-order chi connectivity index (χ0) is 12.8. The molecule has 0 bridgehead atoms. The van der Waals surface area contributed by atoms with Gasteiger partial charge in [0, 0.05) is 19.6 Å². The molecule has 2 aliphatic heterocycles. The Morgan fingerprint density at radius 3 is 2.33 bits per heavy atom. The van der Waals surface area contributed by atoms with Crippen molar-refractivity contribution in [2.45, 2.75) is 38.5 Å². The van der Waals surface area contributed by atoms with Crippen LogP contribution in [-0.4, -0.2) is 54.6 Å². The van der Waals surface area contributed by atoms with Crippen molar-refractivity contribution in [2.75, 3.05) is 32.8 Å². The monoisotopic (exact) mass is 254 g/mol. The van der Waals surface area contributed by atoms with Gasteiger partial charge in [0.2, 0.25) is 5.91 Å². The predicted molar refractivity (Wildman–Crippen MR) is 67.2 cm³/mol. The van der Waals surface area contributed by atoms with Crippen LogP contribution in [0.3, 0.4) is 0 Å². The highest BCUT2D eigenvalue weighted by molar-refractivity contribution is 5.82. The van der Waals surface area contributed by atoms with Crippen LogP contribution in [0.15, 0.2) is 0 Å². The fourth-order valence-corrected chi connectivity index (χ4v) is 2.50. The molecule has 2 rings (SSSR count). The van der Waals surface area contributed by atoms with E-state index in [1.807, 2.05) is 4.90 Å². The lowest BCUT2D eigenvalue weighted by atomic mass is 10.1. The molecule has 0 unspecified atom stereocenters. The number of cyclic esters (lactones) is 1. The van der Waals surface area contributed by atoms with E-state index in [1.165, 1.54) is 24.2 Å². The lowest BCUT2D eigenvalue weighted by Crippen LogP contribution is -2.46. The van der Waals surface area contributed by atoms with Gasteiger partial charge in [-0.15, -0.1) is 0 Å². The number of nitrogens with zero attached hydrogens (tertiary/aromatic N) is 2. The van der Waals surface area contributed by atoms with Crippen molar-refractivity contribution < 1.29 is 14.3 Å². The van der Waals surface area contributed by atoms with E-state index in [4.69, 9.17) is 4.74 Å². The third-order valence-electron chi connectivity index (χ3n) is 3.59. The number of amides is 2. The first kappa shape index (κ1) is 13.2. The average molecular weight is 254 g/mol. The van der Waals surface area contributed by atoms with E-state index in [0.29, 0.717) is 13.2 Å². The molecule has 102 valence electrons. The Hall–Kier alpha value is -1.26. The quantitative estimate of drug-likeness (QED) is 0.752. The molecule has 0 aromatic rings. The molecule has 5 heteroatoms. The van der Waals surface area contributed by atoms with Crippen molar-refractivity contribution in [3.63, 3.8) is 0 Å². The van der Waals surface area contributed by atoms with E-state index in [2.05, 4.69) is 0 Å². The van der Waals surface area contributed by atoms with E-state index >= 15 is 0 Å². The molecule has 0 spiro atoms.